The van der Waals surface area contributed by atoms with E-state index in [1.165, 1.54) is 19.4 Å². The third-order valence-electron chi connectivity index (χ3n) is 3.39. The van der Waals surface area contributed by atoms with Crippen molar-refractivity contribution in [3.63, 3.8) is 0 Å². The second-order valence-corrected chi connectivity index (χ2v) is 4.98. The van der Waals surface area contributed by atoms with Crippen LogP contribution in [0.3, 0.4) is 0 Å². The molecule has 0 bridgehead atoms. The minimum atomic E-state index is 0.309. The molecule has 1 aliphatic rings. The van der Waals surface area contributed by atoms with Gasteiger partial charge in [0.15, 0.2) is 0 Å². The normalized spacial score (nSPS) is 19.9. The smallest absolute Gasteiger partial charge is 0.144 e. The molecule has 0 aromatic carbocycles. The Balaban J connectivity index is 2.03. The van der Waals surface area contributed by atoms with E-state index < -0.39 is 0 Å². The average molecular weight is 220 g/mol. The molecule has 4 nitrogen and oxygen atoms in total. The summed E-state index contributed by atoms with van der Waals surface area (Å²) in [5.74, 6) is 0.824. The highest BCUT2D eigenvalue weighted by Gasteiger charge is 2.31. The minimum absolute atomic E-state index is 0.309. The predicted molar refractivity (Wildman–Crippen MR) is 65.3 cm³/mol. The number of hydrogen-bond acceptors (Lipinski definition) is 4. The van der Waals surface area contributed by atoms with Crippen molar-refractivity contribution in [2.24, 2.45) is 0 Å². The molecular formula is C12H20N4. The summed E-state index contributed by atoms with van der Waals surface area (Å²) < 4.78 is 0. The van der Waals surface area contributed by atoms with Crippen molar-refractivity contribution in [3.8, 4) is 0 Å². The summed E-state index contributed by atoms with van der Waals surface area (Å²) in [6, 6.07) is 0. The lowest BCUT2D eigenvalue weighted by Gasteiger charge is -2.31. The summed E-state index contributed by atoms with van der Waals surface area (Å²) in [7, 11) is 1.85. The zero-order valence-electron chi connectivity index (χ0n) is 10.3. The Labute approximate surface area is 97.1 Å². The molecule has 1 saturated heterocycles. The SMILES string of the molecule is CNc1cnc(CN2CCCC2(C)C)cn1. The molecule has 0 aliphatic carbocycles. The lowest BCUT2D eigenvalue weighted by atomic mass is 10.0. The largest absolute Gasteiger partial charge is 0.372 e. The molecule has 0 spiro atoms. The maximum absolute atomic E-state index is 4.41. The topological polar surface area (TPSA) is 41.1 Å². The monoisotopic (exact) mass is 220 g/mol. The van der Waals surface area contributed by atoms with Crippen molar-refractivity contribution in [1.29, 1.82) is 0 Å². The van der Waals surface area contributed by atoms with E-state index in [2.05, 4.69) is 34.0 Å². The maximum Gasteiger partial charge on any atom is 0.144 e. The fourth-order valence-electron chi connectivity index (χ4n) is 2.22. The van der Waals surface area contributed by atoms with E-state index >= 15 is 0 Å². The molecule has 1 aliphatic heterocycles. The Morgan fingerprint density at radius 2 is 2.19 bits per heavy atom. The van der Waals surface area contributed by atoms with Gasteiger partial charge in [0.25, 0.3) is 0 Å². The molecule has 1 aromatic heterocycles. The van der Waals surface area contributed by atoms with Gasteiger partial charge in [0.1, 0.15) is 5.82 Å². The molecule has 0 amide bonds. The summed E-state index contributed by atoms with van der Waals surface area (Å²) in [5, 5.41) is 2.98. The second-order valence-electron chi connectivity index (χ2n) is 4.98. The number of rotatable bonds is 3. The quantitative estimate of drug-likeness (QED) is 0.844. The lowest BCUT2D eigenvalue weighted by molar-refractivity contribution is 0.164. The van der Waals surface area contributed by atoms with Gasteiger partial charge in [-0.25, -0.2) is 4.98 Å². The number of anilines is 1. The van der Waals surface area contributed by atoms with Crippen LogP contribution in [-0.2, 0) is 6.54 Å². The summed E-state index contributed by atoms with van der Waals surface area (Å²) in [6.45, 7) is 6.68. The molecule has 0 saturated carbocycles. The third-order valence-corrected chi connectivity index (χ3v) is 3.39. The molecule has 0 unspecified atom stereocenters. The van der Waals surface area contributed by atoms with Crippen LogP contribution in [0.1, 0.15) is 32.4 Å². The van der Waals surface area contributed by atoms with Gasteiger partial charge >= 0.3 is 0 Å². The zero-order chi connectivity index (χ0) is 11.6. The Morgan fingerprint density at radius 1 is 1.38 bits per heavy atom. The summed E-state index contributed by atoms with van der Waals surface area (Å²) >= 11 is 0. The van der Waals surface area contributed by atoms with Crippen LogP contribution in [0.25, 0.3) is 0 Å². The molecule has 88 valence electrons. The number of nitrogens with one attached hydrogen (secondary N) is 1. The molecule has 2 heterocycles. The van der Waals surface area contributed by atoms with Crippen molar-refractivity contribution >= 4 is 5.82 Å². The second kappa shape index (κ2) is 4.37. The van der Waals surface area contributed by atoms with Gasteiger partial charge in [-0.15, -0.1) is 0 Å². The first-order valence-corrected chi connectivity index (χ1v) is 5.85. The molecule has 2 rings (SSSR count). The number of nitrogens with zero attached hydrogens (tertiary/aromatic N) is 3. The average Bonchev–Trinajstić information content (AvgIpc) is 2.59. The standard InChI is InChI=1S/C12H20N4/c1-12(2)5-4-6-16(12)9-10-7-15-11(13-3)8-14-10/h7-8H,4-6,9H2,1-3H3,(H,13,15). The van der Waals surface area contributed by atoms with Crippen LogP contribution in [-0.4, -0.2) is 34.0 Å². The highest BCUT2D eigenvalue weighted by Crippen LogP contribution is 2.29. The Morgan fingerprint density at radius 3 is 2.69 bits per heavy atom. The van der Waals surface area contributed by atoms with Crippen LogP contribution >= 0.6 is 0 Å². The van der Waals surface area contributed by atoms with Gasteiger partial charge in [0, 0.05) is 19.1 Å². The molecule has 0 radical (unpaired) electrons. The van der Waals surface area contributed by atoms with Gasteiger partial charge in [-0.3, -0.25) is 9.88 Å². The molecular weight excluding hydrogens is 200 g/mol. The Bertz CT molecular complexity index is 345. The number of likely N-dealkylation sites (tertiary alicyclic amines) is 1. The third kappa shape index (κ3) is 2.32. The van der Waals surface area contributed by atoms with E-state index in [0.717, 1.165) is 18.1 Å². The molecule has 16 heavy (non-hydrogen) atoms. The van der Waals surface area contributed by atoms with Crippen LogP contribution in [0.2, 0.25) is 0 Å². The van der Waals surface area contributed by atoms with Gasteiger partial charge in [-0.05, 0) is 33.2 Å². The fraction of sp³-hybridized carbons (Fsp3) is 0.667. The minimum Gasteiger partial charge on any atom is -0.372 e. The Hall–Kier alpha value is -1.16. The van der Waals surface area contributed by atoms with Crippen molar-refractivity contribution in [3.05, 3.63) is 18.1 Å². The number of hydrogen-bond donors (Lipinski definition) is 1. The van der Waals surface area contributed by atoms with Crippen LogP contribution in [0.15, 0.2) is 12.4 Å². The van der Waals surface area contributed by atoms with Crippen LogP contribution in [0.5, 0.6) is 0 Å². The van der Waals surface area contributed by atoms with Crippen LogP contribution < -0.4 is 5.32 Å². The predicted octanol–water partition coefficient (Wildman–Crippen LogP) is 1.89. The van der Waals surface area contributed by atoms with E-state index in [-0.39, 0.29) is 0 Å². The van der Waals surface area contributed by atoms with E-state index in [1.807, 2.05) is 13.2 Å². The van der Waals surface area contributed by atoms with Crippen molar-refractivity contribution in [2.45, 2.75) is 38.8 Å². The van der Waals surface area contributed by atoms with Crippen molar-refractivity contribution < 1.29 is 0 Å². The molecule has 4 heteroatoms. The Kier molecular flexibility index (Phi) is 3.10. The molecule has 1 N–H and O–H groups in total. The highest BCUT2D eigenvalue weighted by atomic mass is 15.2. The van der Waals surface area contributed by atoms with E-state index in [1.54, 1.807) is 6.20 Å². The van der Waals surface area contributed by atoms with Gasteiger partial charge in [0.2, 0.25) is 0 Å². The lowest BCUT2D eigenvalue weighted by Crippen LogP contribution is -2.37. The first kappa shape index (κ1) is 11.3. The maximum atomic E-state index is 4.41. The van der Waals surface area contributed by atoms with Crippen LogP contribution in [0, 0.1) is 0 Å². The highest BCUT2D eigenvalue weighted by molar-refractivity contribution is 5.29. The van der Waals surface area contributed by atoms with E-state index in [0.29, 0.717) is 5.54 Å². The summed E-state index contributed by atoms with van der Waals surface area (Å²) in [5.41, 5.74) is 1.36. The first-order valence-electron chi connectivity index (χ1n) is 5.85. The molecule has 0 atom stereocenters. The summed E-state index contributed by atoms with van der Waals surface area (Å²) in [6.07, 6.45) is 6.21. The number of aromatic nitrogens is 2. The van der Waals surface area contributed by atoms with E-state index in [4.69, 9.17) is 0 Å². The zero-order valence-corrected chi connectivity index (χ0v) is 10.3. The van der Waals surface area contributed by atoms with Crippen LogP contribution in [0.4, 0.5) is 5.82 Å². The first-order chi connectivity index (χ1) is 7.62. The van der Waals surface area contributed by atoms with Gasteiger partial charge < -0.3 is 5.32 Å². The van der Waals surface area contributed by atoms with Gasteiger partial charge in [0.05, 0.1) is 18.1 Å². The van der Waals surface area contributed by atoms with Gasteiger partial charge in [-0.1, -0.05) is 0 Å². The van der Waals surface area contributed by atoms with E-state index in [9.17, 15) is 0 Å². The van der Waals surface area contributed by atoms with Crippen molar-refractivity contribution in [1.82, 2.24) is 14.9 Å². The molecule has 1 aromatic rings. The molecule has 1 fully saturated rings. The fourth-order valence-corrected chi connectivity index (χ4v) is 2.22. The van der Waals surface area contributed by atoms with Gasteiger partial charge in [-0.2, -0.15) is 0 Å². The van der Waals surface area contributed by atoms with Crippen molar-refractivity contribution in [2.75, 3.05) is 18.9 Å². The summed E-state index contributed by atoms with van der Waals surface area (Å²) in [4.78, 5) is 11.2.